The zero-order valence-electron chi connectivity index (χ0n) is 6.03. The third-order valence-electron chi connectivity index (χ3n) is 1.42. The number of hydrogen-bond donors (Lipinski definition) is 3. The van der Waals surface area contributed by atoms with E-state index < -0.39 is 18.2 Å². The maximum atomic E-state index is 9.93. The van der Waals surface area contributed by atoms with Crippen molar-refractivity contribution >= 4 is 6.29 Å². The normalized spacial score (nSPS) is 19.6. The Morgan fingerprint density at radius 1 is 1.60 bits per heavy atom. The number of hydrogen-bond acceptors (Lipinski definition) is 4. The van der Waals surface area contributed by atoms with Gasteiger partial charge < -0.3 is 21.4 Å². The summed E-state index contributed by atoms with van der Waals surface area (Å²) in [6, 6.07) is -0.942. The molecule has 0 heterocycles. The lowest BCUT2D eigenvalue weighted by Gasteiger charge is -2.19. The van der Waals surface area contributed by atoms with Crippen LogP contribution in [0.15, 0.2) is 0 Å². The zero-order chi connectivity index (χ0) is 8.15. The molecule has 0 fully saturated rings. The van der Waals surface area contributed by atoms with E-state index in [4.69, 9.17) is 16.6 Å². The van der Waals surface area contributed by atoms with Crippen molar-refractivity contribution < 1.29 is 9.90 Å². The van der Waals surface area contributed by atoms with Gasteiger partial charge in [0, 0.05) is 18.5 Å². The summed E-state index contributed by atoms with van der Waals surface area (Å²) in [7, 11) is 0. The first kappa shape index (κ1) is 9.55. The molecule has 0 aliphatic carbocycles. The second-order valence-electron chi connectivity index (χ2n) is 2.38. The summed E-state index contributed by atoms with van der Waals surface area (Å²) >= 11 is 0. The molecule has 0 aliphatic heterocycles. The highest BCUT2D eigenvalue weighted by Crippen LogP contribution is 1.95. The van der Waals surface area contributed by atoms with Crippen LogP contribution < -0.4 is 11.5 Å². The molecule has 0 radical (unpaired) electrons. The van der Waals surface area contributed by atoms with E-state index in [1.54, 1.807) is 6.92 Å². The van der Waals surface area contributed by atoms with Crippen LogP contribution in [0.3, 0.4) is 0 Å². The van der Waals surface area contributed by atoms with Crippen LogP contribution in [0.5, 0.6) is 0 Å². The molecular formula is C6H14N2O2. The minimum absolute atomic E-state index is 0.200. The Kier molecular flexibility index (Phi) is 4.18. The molecule has 0 saturated carbocycles. The van der Waals surface area contributed by atoms with E-state index in [-0.39, 0.29) is 6.42 Å². The molecule has 10 heavy (non-hydrogen) atoms. The van der Waals surface area contributed by atoms with Crippen molar-refractivity contribution in [3.8, 4) is 0 Å². The molecule has 0 unspecified atom stereocenters. The van der Waals surface area contributed by atoms with E-state index in [1.807, 2.05) is 0 Å². The molecule has 0 spiro atoms. The maximum absolute atomic E-state index is 9.93. The molecule has 0 rings (SSSR count). The third-order valence-corrected chi connectivity index (χ3v) is 1.42. The van der Waals surface area contributed by atoms with E-state index in [2.05, 4.69) is 0 Å². The van der Waals surface area contributed by atoms with Crippen LogP contribution in [0.25, 0.3) is 0 Å². The van der Waals surface area contributed by atoms with Gasteiger partial charge in [-0.25, -0.2) is 0 Å². The largest absolute Gasteiger partial charge is 0.392 e. The van der Waals surface area contributed by atoms with E-state index in [0.29, 0.717) is 6.29 Å². The number of carbonyl (C=O) groups is 1. The second kappa shape index (κ2) is 4.38. The average Bonchev–Trinajstić information content (AvgIpc) is 1.87. The van der Waals surface area contributed by atoms with Gasteiger partial charge in [-0.05, 0) is 6.92 Å². The quantitative estimate of drug-likeness (QED) is 0.426. The van der Waals surface area contributed by atoms with Crippen molar-refractivity contribution in [1.29, 1.82) is 0 Å². The van der Waals surface area contributed by atoms with E-state index in [9.17, 15) is 4.79 Å². The van der Waals surface area contributed by atoms with Crippen molar-refractivity contribution in [3.63, 3.8) is 0 Å². The standard InChI is InChI=1S/C6H14N2O2/c1-4(10)6(8)5(7)2-3-9/h3-6,10H,2,7-8H2,1H3/t4-,5-,6+/m1/s1. The molecule has 0 saturated heterocycles. The van der Waals surface area contributed by atoms with Crippen LogP contribution in [-0.4, -0.2) is 29.6 Å². The first-order chi connectivity index (χ1) is 4.59. The number of aliphatic hydroxyl groups excluding tert-OH is 1. The molecule has 0 bridgehead atoms. The summed E-state index contributed by atoms with van der Waals surface area (Å²) in [5.74, 6) is 0. The molecule has 0 aromatic rings. The van der Waals surface area contributed by atoms with Gasteiger partial charge in [-0.2, -0.15) is 0 Å². The molecule has 3 atom stereocenters. The van der Waals surface area contributed by atoms with Crippen LogP contribution in [0, 0.1) is 0 Å². The van der Waals surface area contributed by atoms with Crippen LogP contribution in [0.4, 0.5) is 0 Å². The smallest absolute Gasteiger partial charge is 0.121 e. The molecule has 0 amide bonds. The minimum Gasteiger partial charge on any atom is -0.392 e. The Bertz CT molecular complexity index is 106. The molecule has 0 aromatic heterocycles. The van der Waals surface area contributed by atoms with Crippen LogP contribution >= 0.6 is 0 Å². The van der Waals surface area contributed by atoms with Gasteiger partial charge in [-0.15, -0.1) is 0 Å². The van der Waals surface area contributed by atoms with Crippen molar-refractivity contribution in [3.05, 3.63) is 0 Å². The fourth-order valence-corrected chi connectivity index (χ4v) is 0.626. The molecule has 4 nitrogen and oxygen atoms in total. The van der Waals surface area contributed by atoms with Gasteiger partial charge in [0.25, 0.3) is 0 Å². The van der Waals surface area contributed by atoms with Gasteiger partial charge in [0.2, 0.25) is 0 Å². The fraction of sp³-hybridized carbons (Fsp3) is 0.833. The highest BCUT2D eigenvalue weighted by molar-refractivity contribution is 5.50. The van der Waals surface area contributed by atoms with Crippen LogP contribution in [0.2, 0.25) is 0 Å². The second-order valence-corrected chi connectivity index (χ2v) is 2.38. The first-order valence-electron chi connectivity index (χ1n) is 3.22. The molecule has 0 aromatic carbocycles. The van der Waals surface area contributed by atoms with Gasteiger partial charge in [0.05, 0.1) is 6.10 Å². The number of nitrogens with two attached hydrogens (primary N) is 2. The summed E-state index contributed by atoms with van der Waals surface area (Å²) in [6.07, 6.45) is 0.244. The van der Waals surface area contributed by atoms with Crippen molar-refractivity contribution in [2.75, 3.05) is 0 Å². The molecule has 60 valence electrons. The number of carbonyl (C=O) groups excluding carboxylic acids is 1. The van der Waals surface area contributed by atoms with E-state index in [1.165, 1.54) is 0 Å². The lowest BCUT2D eigenvalue weighted by Crippen LogP contribution is -2.48. The highest BCUT2D eigenvalue weighted by Gasteiger charge is 2.16. The lowest BCUT2D eigenvalue weighted by atomic mass is 10.0. The van der Waals surface area contributed by atoms with E-state index in [0.717, 1.165) is 0 Å². The summed E-state index contributed by atoms with van der Waals surface area (Å²) in [6.45, 7) is 1.55. The number of aliphatic hydroxyl groups is 1. The zero-order valence-corrected chi connectivity index (χ0v) is 6.03. The highest BCUT2D eigenvalue weighted by atomic mass is 16.3. The average molecular weight is 146 g/mol. The predicted octanol–water partition coefficient (Wildman–Crippen LogP) is -1.39. The van der Waals surface area contributed by atoms with Crippen molar-refractivity contribution in [1.82, 2.24) is 0 Å². The summed E-state index contributed by atoms with van der Waals surface area (Å²) in [4.78, 5) is 9.93. The Morgan fingerprint density at radius 3 is 2.40 bits per heavy atom. The Morgan fingerprint density at radius 2 is 2.10 bits per heavy atom. The van der Waals surface area contributed by atoms with Crippen LogP contribution in [0.1, 0.15) is 13.3 Å². The van der Waals surface area contributed by atoms with Gasteiger partial charge in [-0.1, -0.05) is 0 Å². The summed E-state index contributed by atoms with van der Waals surface area (Å²) < 4.78 is 0. The molecule has 4 heteroatoms. The summed E-state index contributed by atoms with van der Waals surface area (Å²) in [5, 5.41) is 8.90. The van der Waals surface area contributed by atoms with Crippen LogP contribution in [-0.2, 0) is 4.79 Å². The molecular weight excluding hydrogens is 132 g/mol. The summed E-state index contributed by atoms with van der Waals surface area (Å²) in [5.41, 5.74) is 10.8. The predicted molar refractivity (Wildman–Crippen MR) is 38.3 cm³/mol. The maximum Gasteiger partial charge on any atom is 0.121 e. The van der Waals surface area contributed by atoms with E-state index >= 15 is 0 Å². The monoisotopic (exact) mass is 146 g/mol. The fourth-order valence-electron chi connectivity index (χ4n) is 0.626. The number of rotatable bonds is 4. The Balaban J connectivity index is 3.68. The Hall–Kier alpha value is -0.450. The third kappa shape index (κ3) is 2.91. The van der Waals surface area contributed by atoms with Crippen molar-refractivity contribution in [2.45, 2.75) is 31.5 Å². The molecule has 0 aliphatic rings. The topological polar surface area (TPSA) is 89.3 Å². The van der Waals surface area contributed by atoms with Gasteiger partial charge >= 0.3 is 0 Å². The Labute approximate surface area is 60.2 Å². The molecule has 5 N–H and O–H groups in total. The first-order valence-corrected chi connectivity index (χ1v) is 3.22. The lowest BCUT2D eigenvalue weighted by molar-refractivity contribution is -0.108. The van der Waals surface area contributed by atoms with Gasteiger partial charge in [-0.3, -0.25) is 0 Å². The SMILES string of the molecule is C[C@@H](O)[C@H](N)[C@H](N)CC=O. The van der Waals surface area contributed by atoms with Crippen molar-refractivity contribution in [2.24, 2.45) is 11.5 Å². The minimum atomic E-state index is -0.657. The van der Waals surface area contributed by atoms with Gasteiger partial charge in [0.15, 0.2) is 0 Å². The van der Waals surface area contributed by atoms with Gasteiger partial charge in [0.1, 0.15) is 6.29 Å². The number of aldehydes is 1.